The van der Waals surface area contributed by atoms with E-state index in [4.69, 9.17) is 5.73 Å². The molecule has 0 unspecified atom stereocenters. The van der Waals surface area contributed by atoms with Gasteiger partial charge in [0.05, 0.1) is 5.52 Å². The maximum atomic E-state index is 5.55. The summed E-state index contributed by atoms with van der Waals surface area (Å²) in [6.07, 6.45) is 3.35. The van der Waals surface area contributed by atoms with Crippen LogP contribution in [0.5, 0.6) is 0 Å². The zero-order valence-corrected chi connectivity index (χ0v) is 10.7. The normalized spacial score (nSPS) is 11.0. The SMILES string of the molecule is Cc1cc(CCCCN)c2cccc(C)c2n1. The first-order valence-electron chi connectivity index (χ1n) is 6.28. The summed E-state index contributed by atoms with van der Waals surface area (Å²) in [5.74, 6) is 0. The van der Waals surface area contributed by atoms with Crippen LogP contribution in [0.15, 0.2) is 24.3 Å². The Morgan fingerprint density at radius 2 is 2.00 bits per heavy atom. The first-order chi connectivity index (χ1) is 8.22. The Morgan fingerprint density at radius 3 is 2.76 bits per heavy atom. The van der Waals surface area contributed by atoms with Gasteiger partial charge in [0.1, 0.15) is 0 Å². The molecule has 0 aliphatic carbocycles. The average Bonchev–Trinajstić information content (AvgIpc) is 2.31. The average molecular weight is 228 g/mol. The molecule has 2 nitrogen and oxygen atoms in total. The Morgan fingerprint density at radius 1 is 1.18 bits per heavy atom. The fraction of sp³-hybridized carbons (Fsp3) is 0.400. The molecule has 2 rings (SSSR count). The highest BCUT2D eigenvalue weighted by molar-refractivity contribution is 5.85. The molecule has 1 heterocycles. The smallest absolute Gasteiger partial charge is 0.0737 e. The van der Waals surface area contributed by atoms with E-state index in [9.17, 15) is 0 Å². The molecule has 0 fully saturated rings. The lowest BCUT2D eigenvalue weighted by atomic mass is 10.0. The number of rotatable bonds is 4. The second kappa shape index (κ2) is 5.28. The molecule has 0 radical (unpaired) electrons. The van der Waals surface area contributed by atoms with Crippen molar-refractivity contribution < 1.29 is 0 Å². The minimum Gasteiger partial charge on any atom is -0.330 e. The topological polar surface area (TPSA) is 38.9 Å². The molecule has 0 bridgehead atoms. The zero-order chi connectivity index (χ0) is 12.3. The third-order valence-electron chi connectivity index (χ3n) is 3.16. The largest absolute Gasteiger partial charge is 0.330 e. The monoisotopic (exact) mass is 228 g/mol. The highest BCUT2D eigenvalue weighted by Gasteiger charge is 2.05. The van der Waals surface area contributed by atoms with E-state index in [0.717, 1.165) is 37.0 Å². The van der Waals surface area contributed by atoms with Gasteiger partial charge < -0.3 is 5.73 Å². The van der Waals surface area contributed by atoms with Crippen molar-refractivity contribution in [2.24, 2.45) is 5.73 Å². The van der Waals surface area contributed by atoms with Gasteiger partial charge in [-0.15, -0.1) is 0 Å². The van der Waals surface area contributed by atoms with E-state index < -0.39 is 0 Å². The van der Waals surface area contributed by atoms with Crippen molar-refractivity contribution >= 4 is 10.9 Å². The maximum Gasteiger partial charge on any atom is 0.0737 e. The van der Waals surface area contributed by atoms with E-state index >= 15 is 0 Å². The molecule has 0 atom stereocenters. The molecular formula is C15H20N2. The van der Waals surface area contributed by atoms with Gasteiger partial charge in [0.15, 0.2) is 0 Å². The van der Waals surface area contributed by atoms with E-state index in [0.29, 0.717) is 0 Å². The van der Waals surface area contributed by atoms with Crippen LogP contribution >= 0.6 is 0 Å². The molecule has 2 N–H and O–H groups in total. The van der Waals surface area contributed by atoms with Crippen molar-refractivity contribution in [2.75, 3.05) is 6.54 Å². The number of fused-ring (bicyclic) bond motifs is 1. The molecule has 0 amide bonds. The van der Waals surface area contributed by atoms with Crippen molar-refractivity contribution in [1.82, 2.24) is 4.98 Å². The van der Waals surface area contributed by atoms with E-state index in [2.05, 4.69) is 43.1 Å². The van der Waals surface area contributed by atoms with Crippen LogP contribution in [-0.4, -0.2) is 11.5 Å². The van der Waals surface area contributed by atoms with E-state index in [1.807, 2.05) is 0 Å². The van der Waals surface area contributed by atoms with E-state index in [1.165, 1.54) is 16.5 Å². The molecule has 0 aliphatic heterocycles. The van der Waals surface area contributed by atoms with Crippen LogP contribution in [0, 0.1) is 13.8 Å². The number of hydrogen-bond acceptors (Lipinski definition) is 2. The number of aromatic nitrogens is 1. The molecule has 0 spiro atoms. The predicted octanol–water partition coefficient (Wildman–Crippen LogP) is 3.13. The van der Waals surface area contributed by atoms with Crippen LogP contribution in [0.25, 0.3) is 10.9 Å². The fourth-order valence-corrected chi connectivity index (χ4v) is 2.27. The van der Waals surface area contributed by atoms with Gasteiger partial charge in [0, 0.05) is 11.1 Å². The number of para-hydroxylation sites is 1. The van der Waals surface area contributed by atoms with Crippen molar-refractivity contribution in [1.29, 1.82) is 0 Å². The summed E-state index contributed by atoms with van der Waals surface area (Å²) >= 11 is 0. The molecule has 0 saturated carbocycles. The van der Waals surface area contributed by atoms with Crippen LogP contribution in [0.2, 0.25) is 0 Å². The molecular weight excluding hydrogens is 208 g/mol. The number of nitrogens with two attached hydrogens (primary N) is 1. The van der Waals surface area contributed by atoms with Crippen molar-refractivity contribution in [3.05, 3.63) is 41.1 Å². The minimum absolute atomic E-state index is 0.779. The summed E-state index contributed by atoms with van der Waals surface area (Å²) in [5, 5.41) is 1.30. The second-order valence-electron chi connectivity index (χ2n) is 4.64. The summed E-state index contributed by atoms with van der Waals surface area (Å²) < 4.78 is 0. The van der Waals surface area contributed by atoms with Gasteiger partial charge in [0.2, 0.25) is 0 Å². The van der Waals surface area contributed by atoms with Crippen LogP contribution in [0.3, 0.4) is 0 Å². The van der Waals surface area contributed by atoms with E-state index in [-0.39, 0.29) is 0 Å². The van der Waals surface area contributed by atoms with Crippen LogP contribution in [0.4, 0.5) is 0 Å². The standard InChI is InChI=1S/C15H20N2/c1-11-6-5-8-14-13(7-3-4-9-16)10-12(2)17-15(11)14/h5-6,8,10H,3-4,7,9,16H2,1-2H3. The summed E-state index contributed by atoms with van der Waals surface area (Å²) in [5.41, 5.74) is 10.5. The second-order valence-corrected chi connectivity index (χ2v) is 4.64. The number of benzene rings is 1. The summed E-state index contributed by atoms with van der Waals surface area (Å²) in [4.78, 5) is 4.64. The van der Waals surface area contributed by atoms with Gasteiger partial charge in [-0.1, -0.05) is 18.2 Å². The van der Waals surface area contributed by atoms with Gasteiger partial charge in [-0.25, -0.2) is 0 Å². The molecule has 1 aromatic heterocycles. The first-order valence-corrected chi connectivity index (χ1v) is 6.28. The van der Waals surface area contributed by atoms with Crippen molar-refractivity contribution in [3.8, 4) is 0 Å². The molecule has 0 aliphatic rings. The third-order valence-corrected chi connectivity index (χ3v) is 3.16. The first kappa shape index (κ1) is 12.1. The van der Waals surface area contributed by atoms with Crippen molar-refractivity contribution in [3.63, 3.8) is 0 Å². The third kappa shape index (κ3) is 2.64. The predicted molar refractivity (Wildman–Crippen MR) is 73.2 cm³/mol. The molecule has 2 heteroatoms. The molecule has 17 heavy (non-hydrogen) atoms. The number of aryl methyl sites for hydroxylation is 3. The van der Waals surface area contributed by atoms with Gasteiger partial charge in [-0.3, -0.25) is 4.98 Å². The molecule has 2 aromatic rings. The number of pyridine rings is 1. The van der Waals surface area contributed by atoms with Gasteiger partial charge in [0.25, 0.3) is 0 Å². The minimum atomic E-state index is 0.779. The zero-order valence-electron chi connectivity index (χ0n) is 10.7. The lowest BCUT2D eigenvalue weighted by molar-refractivity contribution is 0.746. The Kier molecular flexibility index (Phi) is 3.75. The lowest BCUT2D eigenvalue weighted by Gasteiger charge is -2.09. The lowest BCUT2D eigenvalue weighted by Crippen LogP contribution is -2.00. The Labute approximate surface area is 103 Å². The summed E-state index contributed by atoms with van der Waals surface area (Å²) in [6, 6.07) is 8.62. The van der Waals surface area contributed by atoms with Gasteiger partial charge in [-0.05, 0) is 56.8 Å². The van der Waals surface area contributed by atoms with Gasteiger partial charge in [-0.2, -0.15) is 0 Å². The molecule has 1 aromatic carbocycles. The fourth-order valence-electron chi connectivity index (χ4n) is 2.27. The highest BCUT2D eigenvalue weighted by Crippen LogP contribution is 2.22. The van der Waals surface area contributed by atoms with Crippen LogP contribution in [0.1, 0.15) is 29.7 Å². The maximum absolute atomic E-state index is 5.55. The van der Waals surface area contributed by atoms with Crippen LogP contribution in [-0.2, 0) is 6.42 Å². The molecule has 90 valence electrons. The molecule has 0 saturated heterocycles. The van der Waals surface area contributed by atoms with Crippen molar-refractivity contribution in [2.45, 2.75) is 33.1 Å². The van der Waals surface area contributed by atoms with Crippen LogP contribution < -0.4 is 5.73 Å². The number of hydrogen-bond donors (Lipinski definition) is 1. The number of unbranched alkanes of at least 4 members (excludes halogenated alkanes) is 1. The van der Waals surface area contributed by atoms with E-state index in [1.54, 1.807) is 0 Å². The Balaban J connectivity index is 2.43. The Bertz CT molecular complexity index is 518. The quantitative estimate of drug-likeness (QED) is 0.816. The highest BCUT2D eigenvalue weighted by atomic mass is 14.7. The Hall–Kier alpha value is -1.41. The number of nitrogens with zero attached hydrogens (tertiary/aromatic N) is 1. The van der Waals surface area contributed by atoms with Gasteiger partial charge >= 0.3 is 0 Å². The summed E-state index contributed by atoms with van der Waals surface area (Å²) in [7, 11) is 0. The summed E-state index contributed by atoms with van der Waals surface area (Å²) in [6.45, 7) is 4.97.